The lowest BCUT2D eigenvalue weighted by atomic mass is 10.2. The molecule has 7 heteroatoms. The molecule has 0 aliphatic carbocycles. The zero-order valence-electron chi connectivity index (χ0n) is 16.5. The Morgan fingerprint density at radius 1 is 1.04 bits per heavy atom. The number of anilines is 2. The molecule has 0 atom stereocenters. The summed E-state index contributed by atoms with van der Waals surface area (Å²) in [4.78, 5) is 24.2. The minimum Gasteiger partial charge on any atom is -0.491 e. The molecule has 0 radical (unpaired) electrons. The Labute approximate surface area is 165 Å². The van der Waals surface area contributed by atoms with E-state index in [2.05, 4.69) is 16.0 Å². The predicted molar refractivity (Wildman–Crippen MR) is 110 cm³/mol. The molecule has 0 bridgehead atoms. The summed E-state index contributed by atoms with van der Waals surface area (Å²) >= 11 is 0. The normalized spacial score (nSPS) is 10.4. The van der Waals surface area contributed by atoms with Crippen LogP contribution < -0.4 is 20.7 Å². The lowest BCUT2D eigenvalue weighted by Crippen LogP contribution is -2.27. The van der Waals surface area contributed by atoms with E-state index in [9.17, 15) is 9.59 Å². The minimum atomic E-state index is -0.213. The van der Waals surface area contributed by atoms with E-state index in [0.29, 0.717) is 24.4 Å². The summed E-state index contributed by atoms with van der Waals surface area (Å²) in [6, 6.07) is 14.2. The van der Waals surface area contributed by atoms with E-state index in [4.69, 9.17) is 9.47 Å². The van der Waals surface area contributed by atoms with Gasteiger partial charge < -0.3 is 25.4 Å². The molecule has 2 aromatic carbocycles. The monoisotopic (exact) mass is 385 g/mol. The molecule has 0 saturated carbocycles. The summed E-state index contributed by atoms with van der Waals surface area (Å²) in [6.45, 7) is 4.91. The van der Waals surface area contributed by atoms with Gasteiger partial charge in [-0.25, -0.2) is 0 Å². The zero-order chi connectivity index (χ0) is 20.4. The molecule has 7 nitrogen and oxygen atoms in total. The van der Waals surface area contributed by atoms with Gasteiger partial charge in [-0.05, 0) is 56.3 Å². The lowest BCUT2D eigenvalue weighted by molar-refractivity contribution is -0.114. The maximum atomic E-state index is 12.2. The lowest BCUT2D eigenvalue weighted by Gasteiger charge is -2.11. The molecular formula is C21H27N3O4. The van der Waals surface area contributed by atoms with Crippen molar-refractivity contribution in [1.29, 1.82) is 0 Å². The third kappa shape index (κ3) is 7.28. The summed E-state index contributed by atoms with van der Waals surface area (Å²) in [5.74, 6) is 0.361. The Kier molecular flexibility index (Phi) is 8.30. The van der Waals surface area contributed by atoms with Crippen LogP contribution in [0.1, 0.15) is 24.2 Å². The highest BCUT2D eigenvalue weighted by Crippen LogP contribution is 2.17. The molecule has 0 aromatic heterocycles. The van der Waals surface area contributed by atoms with Gasteiger partial charge in [0.1, 0.15) is 5.75 Å². The van der Waals surface area contributed by atoms with Crippen LogP contribution in [0.3, 0.4) is 0 Å². The second-order valence-electron chi connectivity index (χ2n) is 6.42. The zero-order valence-corrected chi connectivity index (χ0v) is 16.5. The number of carbonyl (C=O) groups excluding carboxylic acids is 2. The first-order valence-corrected chi connectivity index (χ1v) is 9.15. The SMILES string of the molecule is COCCNC(=O)c1cccc(NC(=O)CNc2ccc(OC(C)C)cc2)c1. The first kappa shape index (κ1) is 21.2. The number of methoxy groups -OCH3 is 1. The second-order valence-corrected chi connectivity index (χ2v) is 6.42. The van der Waals surface area contributed by atoms with Gasteiger partial charge in [-0.3, -0.25) is 9.59 Å². The number of nitrogens with one attached hydrogen (secondary N) is 3. The van der Waals surface area contributed by atoms with Crippen LogP contribution in [0, 0.1) is 0 Å². The van der Waals surface area contributed by atoms with Gasteiger partial charge in [-0.2, -0.15) is 0 Å². The van der Waals surface area contributed by atoms with E-state index < -0.39 is 0 Å². The second kappa shape index (κ2) is 10.9. The van der Waals surface area contributed by atoms with E-state index >= 15 is 0 Å². The number of benzene rings is 2. The van der Waals surface area contributed by atoms with Crippen LogP contribution in [0.4, 0.5) is 11.4 Å². The highest BCUT2D eigenvalue weighted by atomic mass is 16.5. The molecule has 2 amide bonds. The van der Waals surface area contributed by atoms with E-state index in [1.807, 2.05) is 38.1 Å². The van der Waals surface area contributed by atoms with Gasteiger partial charge in [0.2, 0.25) is 5.91 Å². The van der Waals surface area contributed by atoms with Crippen molar-refractivity contribution < 1.29 is 19.1 Å². The Morgan fingerprint density at radius 2 is 1.79 bits per heavy atom. The van der Waals surface area contributed by atoms with Crippen LogP contribution in [0.25, 0.3) is 0 Å². The molecule has 0 aliphatic rings. The Hall–Kier alpha value is -3.06. The fourth-order valence-electron chi connectivity index (χ4n) is 2.42. The standard InChI is InChI=1S/C21H27N3O4/c1-15(2)28-19-9-7-17(8-10-19)23-14-20(25)24-18-6-4-5-16(13-18)21(26)22-11-12-27-3/h4-10,13,15,23H,11-12,14H2,1-3H3,(H,22,26)(H,24,25). The smallest absolute Gasteiger partial charge is 0.251 e. The van der Waals surface area contributed by atoms with Gasteiger partial charge in [0.25, 0.3) is 5.91 Å². The molecule has 0 aliphatic heterocycles. The average Bonchev–Trinajstić information content (AvgIpc) is 2.67. The molecule has 0 spiro atoms. The van der Waals surface area contributed by atoms with Gasteiger partial charge in [0.15, 0.2) is 0 Å². The largest absolute Gasteiger partial charge is 0.491 e. The van der Waals surface area contributed by atoms with Crippen molar-refractivity contribution in [1.82, 2.24) is 5.32 Å². The number of ether oxygens (including phenoxy) is 2. The van der Waals surface area contributed by atoms with E-state index in [-0.39, 0.29) is 24.5 Å². The molecule has 0 fully saturated rings. The molecule has 2 aromatic rings. The van der Waals surface area contributed by atoms with Crippen molar-refractivity contribution >= 4 is 23.2 Å². The molecule has 0 heterocycles. The van der Waals surface area contributed by atoms with E-state index in [1.165, 1.54) is 0 Å². The predicted octanol–water partition coefficient (Wildman–Crippen LogP) is 2.90. The summed E-state index contributed by atoms with van der Waals surface area (Å²) in [5.41, 5.74) is 1.85. The van der Waals surface area contributed by atoms with Gasteiger partial charge in [0, 0.05) is 30.6 Å². The van der Waals surface area contributed by atoms with Crippen LogP contribution >= 0.6 is 0 Å². The average molecular weight is 385 g/mol. The van der Waals surface area contributed by atoms with Crippen molar-refractivity contribution in [3.63, 3.8) is 0 Å². The van der Waals surface area contributed by atoms with E-state index in [0.717, 1.165) is 11.4 Å². The van der Waals surface area contributed by atoms with Gasteiger partial charge in [-0.15, -0.1) is 0 Å². The van der Waals surface area contributed by atoms with Gasteiger partial charge in [0.05, 0.1) is 19.3 Å². The van der Waals surface area contributed by atoms with Crippen molar-refractivity contribution in [3.05, 3.63) is 54.1 Å². The summed E-state index contributed by atoms with van der Waals surface area (Å²) < 4.78 is 10.5. The van der Waals surface area contributed by atoms with Crippen LogP contribution in [0.5, 0.6) is 5.75 Å². The summed E-state index contributed by atoms with van der Waals surface area (Å²) in [6.07, 6.45) is 0.113. The third-order valence-corrected chi connectivity index (χ3v) is 3.68. The van der Waals surface area contributed by atoms with Crippen molar-refractivity contribution in [2.24, 2.45) is 0 Å². The van der Waals surface area contributed by atoms with E-state index in [1.54, 1.807) is 31.4 Å². The summed E-state index contributed by atoms with van der Waals surface area (Å²) in [5, 5.41) is 8.58. The minimum absolute atomic E-state index is 0.106. The number of carbonyl (C=O) groups is 2. The molecule has 2 rings (SSSR count). The fraction of sp³-hybridized carbons (Fsp3) is 0.333. The van der Waals surface area contributed by atoms with Crippen molar-refractivity contribution in [3.8, 4) is 5.75 Å². The number of rotatable bonds is 10. The highest BCUT2D eigenvalue weighted by molar-refractivity contribution is 5.98. The quantitative estimate of drug-likeness (QED) is 0.547. The molecular weight excluding hydrogens is 358 g/mol. The first-order chi connectivity index (χ1) is 13.5. The van der Waals surface area contributed by atoms with Crippen LogP contribution in [-0.4, -0.2) is 44.7 Å². The highest BCUT2D eigenvalue weighted by Gasteiger charge is 2.08. The van der Waals surface area contributed by atoms with Gasteiger partial charge in [-0.1, -0.05) is 6.07 Å². The van der Waals surface area contributed by atoms with Crippen LogP contribution in [0.15, 0.2) is 48.5 Å². The Bertz CT molecular complexity index is 775. The van der Waals surface area contributed by atoms with Crippen molar-refractivity contribution in [2.75, 3.05) is 37.4 Å². The number of amides is 2. The first-order valence-electron chi connectivity index (χ1n) is 9.15. The maximum Gasteiger partial charge on any atom is 0.251 e. The topological polar surface area (TPSA) is 88.7 Å². The Balaban J connectivity index is 1.84. The van der Waals surface area contributed by atoms with Crippen molar-refractivity contribution in [2.45, 2.75) is 20.0 Å². The van der Waals surface area contributed by atoms with Crippen LogP contribution in [0.2, 0.25) is 0 Å². The Morgan fingerprint density at radius 3 is 2.46 bits per heavy atom. The molecule has 0 unspecified atom stereocenters. The molecule has 3 N–H and O–H groups in total. The van der Waals surface area contributed by atoms with Gasteiger partial charge >= 0.3 is 0 Å². The summed E-state index contributed by atoms with van der Waals surface area (Å²) in [7, 11) is 1.57. The number of hydrogen-bond donors (Lipinski definition) is 3. The molecule has 0 saturated heterocycles. The molecule has 150 valence electrons. The fourth-order valence-corrected chi connectivity index (χ4v) is 2.42. The maximum absolute atomic E-state index is 12.2. The molecule has 28 heavy (non-hydrogen) atoms. The van der Waals surface area contributed by atoms with Crippen LogP contribution in [-0.2, 0) is 9.53 Å². The number of hydrogen-bond acceptors (Lipinski definition) is 5. The third-order valence-electron chi connectivity index (χ3n) is 3.68.